The number of rotatable bonds is 2. The van der Waals surface area contributed by atoms with Crippen molar-refractivity contribution < 1.29 is 4.79 Å². The maximum absolute atomic E-state index is 11.0. The standard InChI is InChI=1S/C16H10N2O/c17-8-11-2-1-3-12(6-11)13-4-5-16-15(7-13)14(10-19)9-18-16/h1-7,9-10,18H. The Labute approximate surface area is 110 Å². The molecule has 0 spiro atoms. The van der Waals surface area contributed by atoms with Crippen molar-refractivity contribution in [3.05, 3.63) is 59.8 Å². The molecule has 19 heavy (non-hydrogen) atoms. The summed E-state index contributed by atoms with van der Waals surface area (Å²) >= 11 is 0. The van der Waals surface area contributed by atoms with Crippen molar-refractivity contribution >= 4 is 17.2 Å². The zero-order chi connectivity index (χ0) is 13.2. The predicted octanol–water partition coefficient (Wildman–Crippen LogP) is 3.52. The highest BCUT2D eigenvalue weighted by atomic mass is 16.1. The highest BCUT2D eigenvalue weighted by Crippen LogP contribution is 2.26. The molecule has 0 aliphatic heterocycles. The third-order valence-corrected chi connectivity index (χ3v) is 3.17. The summed E-state index contributed by atoms with van der Waals surface area (Å²) in [7, 11) is 0. The fourth-order valence-corrected chi connectivity index (χ4v) is 2.19. The number of aromatic nitrogens is 1. The van der Waals surface area contributed by atoms with Crippen LogP contribution in [0.15, 0.2) is 48.7 Å². The van der Waals surface area contributed by atoms with Gasteiger partial charge < -0.3 is 4.98 Å². The fraction of sp³-hybridized carbons (Fsp3) is 0. The number of fused-ring (bicyclic) bond motifs is 1. The number of benzene rings is 2. The van der Waals surface area contributed by atoms with E-state index in [1.165, 1.54) is 0 Å². The fourth-order valence-electron chi connectivity index (χ4n) is 2.19. The molecule has 0 bridgehead atoms. The maximum atomic E-state index is 11.0. The lowest BCUT2D eigenvalue weighted by Gasteiger charge is -2.02. The van der Waals surface area contributed by atoms with Crippen molar-refractivity contribution in [2.45, 2.75) is 0 Å². The Balaban J connectivity index is 2.19. The minimum Gasteiger partial charge on any atom is -0.360 e. The van der Waals surface area contributed by atoms with Crippen LogP contribution in [-0.2, 0) is 0 Å². The first-order valence-corrected chi connectivity index (χ1v) is 5.88. The number of aromatic amines is 1. The SMILES string of the molecule is N#Cc1cccc(-c2ccc3[nH]cc(C=O)c3c2)c1. The van der Waals surface area contributed by atoms with Crippen molar-refractivity contribution in [3.63, 3.8) is 0 Å². The Morgan fingerprint density at radius 1 is 1.11 bits per heavy atom. The Kier molecular flexibility index (Phi) is 2.62. The monoisotopic (exact) mass is 246 g/mol. The van der Waals surface area contributed by atoms with Crippen molar-refractivity contribution in [2.24, 2.45) is 0 Å². The first kappa shape index (κ1) is 11.2. The summed E-state index contributed by atoms with van der Waals surface area (Å²) in [5.74, 6) is 0. The Morgan fingerprint density at radius 3 is 2.74 bits per heavy atom. The van der Waals surface area contributed by atoms with E-state index in [0.717, 1.165) is 28.3 Å². The smallest absolute Gasteiger partial charge is 0.152 e. The lowest BCUT2D eigenvalue weighted by Crippen LogP contribution is -1.81. The van der Waals surface area contributed by atoms with Crippen LogP contribution in [0.4, 0.5) is 0 Å². The Bertz CT molecular complexity index is 809. The van der Waals surface area contributed by atoms with Gasteiger partial charge in [-0.3, -0.25) is 4.79 Å². The molecule has 0 unspecified atom stereocenters. The van der Waals surface area contributed by atoms with Crippen molar-refractivity contribution in [1.29, 1.82) is 5.26 Å². The van der Waals surface area contributed by atoms with Gasteiger partial charge in [0.25, 0.3) is 0 Å². The van der Waals surface area contributed by atoms with Gasteiger partial charge in [0.15, 0.2) is 6.29 Å². The topological polar surface area (TPSA) is 56.6 Å². The van der Waals surface area contributed by atoms with Crippen LogP contribution in [0, 0.1) is 11.3 Å². The van der Waals surface area contributed by atoms with Gasteiger partial charge in [0, 0.05) is 22.7 Å². The molecule has 0 radical (unpaired) electrons. The molecular weight excluding hydrogens is 236 g/mol. The number of nitrogens with zero attached hydrogens (tertiary/aromatic N) is 1. The lowest BCUT2D eigenvalue weighted by atomic mass is 10.0. The van der Waals surface area contributed by atoms with Crippen LogP contribution < -0.4 is 0 Å². The lowest BCUT2D eigenvalue weighted by molar-refractivity contribution is 0.112. The summed E-state index contributed by atoms with van der Waals surface area (Å²) < 4.78 is 0. The first-order valence-electron chi connectivity index (χ1n) is 5.88. The number of carbonyl (C=O) groups is 1. The molecular formula is C16H10N2O. The normalized spacial score (nSPS) is 10.3. The zero-order valence-corrected chi connectivity index (χ0v) is 10.1. The van der Waals surface area contributed by atoms with E-state index in [-0.39, 0.29) is 0 Å². The van der Waals surface area contributed by atoms with E-state index in [4.69, 9.17) is 5.26 Å². The maximum Gasteiger partial charge on any atom is 0.152 e. The predicted molar refractivity (Wildman–Crippen MR) is 73.8 cm³/mol. The molecule has 0 amide bonds. The van der Waals surface area contributed by atoms with Crippen LogP contribution >= 0.6 is 0 Å². The quantitative estimate of drug-likeness (QED) is 0.703. The van der Waals surface area contributed by atoms with Crippen LogP contribution in [0.25, 0.3) is 22.0 Å². The molecule has 2 aromatic carbocycles. The zero-order valence-electron chi connectivity index (χ0n) is 10.1. The van der Waals surface area contributed by atoms with E-state index in [9.17, 15) is 4.79 Å². The number of H-pyrrole nitrogens is 1. The Morgan fingerprint density at radius 2 is 1.95 bits per heavy atom. The van der Waals surface area contributed by atoms with Crippen LogP contribution in [0.5, 0.6) is 0 Å². The first-order chi connectivity index (χ1) is 9.31. The van der Waals surface area contributed by atoms with Crippen LogP contribution in [-0.4, -0.2) is 11.3 Å². The molecule has 1 heterocycles. The van der Waals surface area contributed by atoms with E-state index in [1.807, 2.05) is 36.4 Å². The second-order valence-electron chi connectivity index (χ2n) is 4.31. The van der Waals surface area contributed by atoms with E-state index < -0.39 is 0 Å². The van der Waals surface area contributed by atoms with Crippen LogP contribution in [0.1, 0.15) is 15.9 Å². The molecule has 0 aliphatic carbocycles. The van der Waals surface area contributed by atoms with Gasteiger partial charge in [0.05, 0.1) is 11.6 Å². The summed E-state index contributed by atoms with van der Waals surface area (Å²) in [6.45, 7) is 0. The van der Waals surface area contributed by atoms with Crippen LogP contribution in [0.2, 0.25) is 0 Å². The third kappa shape index (κ3) is 1.90. The highest BCUT2D eigenvalue weighted by molar-refractivity contribution is 5.99. The number of nitrogens with one attached hydrogen (secondary N) is 1. The molecule has 90 valence electrons. The minimum absolute atomic E-state index is 0.627. The average Bonchev–Trinajstić information content (AvgIpc) is 2.89. The molecule has 3 heteroatoms. The highest BCUT2D eigenvalue weighted by Gasteiger charge is 2.05. The minimum atomic E-state index is 0.627. The number of carbonyl (C=O) groups excluding carboxylic acids is 1. The van der Waals surface area contributed by atoms with Gasteiger partial charge in [0.2, 0.25) is 0 Å². The van der Waals surface area contributed by atoms with Gasteiger partial charge >= 0.3 is 0 Å². The molecule has 3 aromatic rings. The van der Waals surface area contributed by atoms with Crippen molar-refractivity contribution in [3.8, 4) is 17.2 Å². The summed E-state index contributed by atoms with van der Waals surface area (Å²) in [5, 5.41) is 9.83. The summed E-state index contributed by atoms with van der Waals surface area (Å²) in [4.78, 5) is 14.0. The van der Waals surface area contributed by atoms with Gasteiger partial charge in [-0.15, -0.1) is 0 Å². The van der Waals surface area contributed by atoms with Gasteiger partial charge in [-0.25, -0.2) is 0 Å². The van der Waals surface area contributed by atoms with Gasteiger partial charge in [-0.1, -0.05) is 18.2 Å². The van der Waals surface area contributed by atoms with E-state index in [2.05, 4.69) is 11.1 Å². The van der Waals surface area contributed by atoms with E-state index in [0.29, 0.717) is 11.1 Å². The molecule has 0 atom stereocenters. The van der Waals surface area contributed by atoms with Gasteiger partial charge in [0.1, 0.15) is 0 Å². The molecule has 0 fully saturated rings. The molecule has 1 aromatic heterocycles. The third-order valence-electron chi connectivity index (χ3n) is 3.17. The van der Waals surface area contributed by atoms with Crippen LogP contribution in [0.3, 0.4) is 0 Å². The Hall–Kier alpha value is -2.86. The second kappa shape index (κ2) is 4.43. The largest absolute Gasteiger partial charge is 0.360 e. The summed E-state index contributed by atoms with van der Waals surface area (Å²) in [6.07, 6.45) is 2.54. The van der Waals surface area contributed by atoms with Gasteiger partial charge in [-0.2, -0.15) is 5.26 Å². The molecule has 3 nitrogen and oxygen atoms in total. The van der Waals surface area contributed by atoms with Crippen molar-refractivity contribution in [2.75, 3.05) is 0 Å². The molecule has 0 aliphatic rings. The van der Waals surface area contributed by atoms with Crippen molar-refractivity contribution in [1.82, 2.24) is 4.98 Å². The molecule has 0 saturated heterocycles. The number of nitriles is 1. The van der Waals surface area contributed by atoms with E-state index in [1.54, 1.807) is 12.3 Å². The number of hydrogen-bond acceptors (Lipinski definition) is 2. The number of hydrogen-bond donors (Lipinski definition) is 1. The number of aldehydes is 1. The average molecular weight is 246 g/mol. The molecule has 1 N–H and O–H groups in total. The van der Waals surface area contributed by atoms with E-state index >= 15 is 0 Å². The molecule has 3 rings (SSSR count). The summed E-state index contributed by atoms with van der Waals surface area (Å²) in [5.41, 5.74) is 4.17. The summed E-state index contributed by atoms with van der Waals surface area (Å²) in [6, 6.07) is 15.4. The van der Waals surface area contributed by atoms with Gasteiger partial charge in [-0.05, 0) is 35.4 Å². The second-order valence-corrected chi connectivity index (χ2v) is 4.31. The molecule has 0 saturated carbocycles.